The summed E-state index contributed by atoms with van der Waals surface area (Å²) in [6.07, 6.45) is 2.78. The van der Waals surface area contributed by atoms with E-state index in [2.05, 4.69) is 16.9 Å². The van der Waals surface area contributed by atoms with Crippen LogP contribution in [0.25, 0.3) is 5.65 Å². The van der Waals surface area contributed by atoms with Gasteiger partial charge in [-0.2, -0.15) is 9.97 Å². The fraction of sp³-hybridized carbons (Fsp3) is 0.462. The molecular formula is C13H18N4O. The van der Waals surface area contributed by atoms with Gasteiger partial charge >= 0.3 is 5.69 Å². The van der Waals surface area contributed by atoms with Gasteiger partial charge in [-0.3, -0.25) is 4.40 Å². The van der Waals surface area contributed by atoms with Crippen molar-refractivity contribution < 1.29 is 0 Å². The SMILES string of the molecule is CCCN(C)c1nc(=O)n2cc(C)c(C)cc2n1. The lowest BCUT2D eigenvalue weighted by atomic mass is 10.2. The number of nitrogens with zero attached hydrogens (tertiary/aromatic N) is 4. The molecular weight excluding hydrogens is 228 g/mol. The highest BCUT2D eigenvalue weighted by molar-refractivity contribution is 5.47. The van der Waals surface area contributed by atoms with Crippen LogP contribution >= 0.6 is 0 Å². The second kappa shape index (κ2) is 4.76. The fourth-order valence-corrected chi connectivity index (χ4v) is 1.85. The molecule has 0 atom stereocenters. The van der Waals surface area contributed by atoms with Crippen molar-refractivity contribution in [2.24, 2.45) is 0 Å². The van der Waals surface area contributed by atoms with Gasteiger partial charge in [-0.25, -0.2) is 4.79 Å². The molecule has 5 nitrogen and oxygen atoms in total. The topological polar surface area (TPSA) is 50.5 Å². The van der Waals surface area contributed by atoms with Crippen molar-refractivity contribution in [2.45, 2.75) is 27.2 Å². The first-order valence-corrected chi connectivity index (χ1v) is 6.11. The van der Waals surface area contributed by atoms with Crippen molar-refractivity contribution in [1.29, 1.82) is 0 Å². The van der Waals surface area contributed by atoms with Crippen LogP contribution in [0.4, 0.5) is 5.95 Å². The monoisotopic (exact) mass is 246 g/mol. The van der Waals surface area contributed by atoms with E-state index in [0.29, 0.717) is 11.6 Å². The van der Waals surface area contributed by atoms with Crippen LogP contribution in [-0.2, 0) is 0 Å². The highest BCUT2D eigenvalue weighted by atomic mass is 16.1. The number of hydrogen-bond acceptors (Lipinski definition) is 4. The van der Waals surface area contributed by atoms with Crippen LogP contribution in [0.3, 0.4) is 0 Å². The number of fused-ring (bicyclic) bond motifs is 1. The Hall–Kier alpha value is -1.91. The third-order valence-electron chi connectivity index (χ3n) is 3.05. The van der Waals surface area contributed by atoms with E-state index in [0.717, 1.165) is 24.1 Å². The van der Waals surface area contributed by atoms with E-state index in [1.54, 1.807) is 6.20 Å². The highest BCUT2D eigenvalue weighted by Crippen LogP contribution is 2.10. The molecule has 0 saturated heterocycles. The molecule has 0 aromatic carbocycles. The number of anilines is 1. The molecule has 0 N–H and O–H groups in total. The minimum Gasteiger partial charge on any atom is -0.344 e. The second-order valence-electron chi connectivity index (χ2n) is 4.60. The Kier molecular flexibility index (Phi) is 3.32. The van der Waals surface area contributed by atoms with E-state index in [1.165, 1.54) is 4.40 Å². The molecule has 0 fully saturated rings. The summed E-state index contributed by atoms with van der Waals surface area (Å²) in [7, 11) is 1.90. The summed E-state index contributed by atoms with van der Waals surface area (Å²) in [4.78, 5) is 22.3. The molecule has 2 aromatic rings. The van der Waals surface area contributed by atoms with Gasteiger partial charge in [0.2, 0.25) is 5.95 Å². The van der Waals surface area contributed by atoms with Gasteiger partial charge in [0.15, 0.2) is 0 Å². The van der Waals surface area contributed by atoms with Gasteiger partial charge in [0, 0.05) is 19.8 Å². The molecule has 0 amide bonds. The first kappa shape index (κ1) is 12.5. The minimum absolute atomic E-state index is 0.277. The van der Waals surface area contributed by atoms with Crippen molar-refractivity contribution in [1.82, 2.24) is 14.4 Å². The maximum Gasteiger partial charge on any atom is 0.356 e. The molecule has 0 radical (unpaired) electrons. The second-order valence-corrected chi connectivity index (χ2v) is 4.60. The number of aryl methyl sites for hydroxylation is 2. The smallest absolute Gasteiger partial charge is 0.344 e. The van der Waals surface area contributed by atoms with Crippen LogP contribution < -0.4 is 10.6 Å². The predicted molar refractivity (Wildman–Crippen MR) is 72.3 cm³/mol. The van der Waals surface area contributed by atoms with Crippen molar-refractivity contribution in [2.75, 3.05) is 18.5 Å². The molecule has 2 aromatic heterocycles. The van der Waals surface area contributed by atoms with E-state index in [1.807, 2.05) is 31.9 Å². The van der Waals surface area contributed by atoms with Crippen LogP contribution in [-0.4, -0.2) is 28.0 Å². The van der Waals surface area contributed by atoms with Crippen LogP contribution in [0.1, 0.15) is 24.5 Å². The third kappa shape index (κ3) is 2.20. The van der Waals surface area contributed by atoms with Crippen LogP contribution in [0.15, 0.2) is 17.1 Å². The average Bonchev–Trinajstić information content (AvgIpc) is 2.32. The first-order chi connectivity index (χ1) is 8.52. The van der Waals surface area contributed by atoms with Gasteiger partial charge < -0.3 is 4.90 Å². The van der Waals surface area contributed by atoms with Crippen molar-refractivity contribution >= 4 is 11.6 Å². The Labute approximate surface area is 106 Å². The quantitative estimate of drug-likeness (QED) is 0.824. The van der Waals surface area contributed by atoms with Crippen LogP contribution in [0.5, 0.6) is 0 Å². The largest absolute Gasteiger partial charge is 0.356 e. The minimum atomic E-state index is -0.277. The standard InChI is InChI=1S/C13H18N4O/c1-5-6-16(4)12-14-11-7-9(2)10(3)8-17(11)13(18)15-12/h7-8H,5-6H2,1-4H3. The van der Waals surface area contributed by atoms with Gasteiger partial charge in [-0.15, -0.1) is 0 Å². The summed E-state index contributed by atoms with van der Waals surface area (Å²) in [6, 6.07) is 1.92. The molecule has 0 spiro atoms. The molecule has 0 aliphatic rings. The zero-order valence-electron chi connectivity index (χ0n) is 11.3. The Morgan fingerprint density at radius 3 is 2.67 bits per heavy atom. The lowest BCUT2D eigenvalue weighted by Crippen LogP contribution is -2.27. The molecule has 96 valence electrons. The Morgan fingerprint density at radius 1 is 1.28 bits per heavy atom. The molecule has 5 heteroatoms. The maximum absolute atomic E-state index is 12.0. The number of aromatic nitrogens is 3. The zero-order chi connectivity index (χ0) is 13.3. The van der Waals surface area contributed by atoms with E-state index in [4.69, 9.17) is 0 Å². The zero-order valence-corrected chi connectivity index (χ0v) is 11.3. The van der Waals surface area contributed by atoms with Crippen LogP contribution in [0, 0.1) is 13.8 Å². The maximum atomic E-state index is 12.0. The van der Waals surface area contributed by atoms with Crippen molar-refractivity contribution in [3.05, 3.63) is 33.9 Å². The summed E-state index contributed by atoms with van der Waals surface area (Å²) < 4.78 is 1.49. The molecule has 0 aliphatic carbocycles. The van der Waals surface area contributed by atoms with Crippen molar-refractivity contribution in [3.63, 3.8) is 0 Å². The molecule has 0 bridgehead atoms. The van der Waals surface area contributed by atoms with Gasteiger partial charge in [0.1, 0.15) is 5.65 Å². The lowest BCUT2D eigenvalue weighted by Gasteiger charge is -2.16. The molecule has 2 rings (SSSR count). The van der Waals surface area contributed by atoms with Crippen LogP contribution in [0.2, 0.25) is 0 Å². The summed E-state index contributed by atoms with van der Waals surface area (Å²) in [5.74, 6) is 0.491. The Bertz CT molecular complexity index is 633. The van der Waals surface area contributed by atoms with E-state index < -0.39 is 0 Å². The van der Waals surface area contributed by atoms with Crippen molar-refractivity contribution in [3.8, 4) is 0 Å². The average molecular weight is 246 g/mol. The van der Waals surface area contributed by atoms with Gasteiger partial charge in [0.05, 0.1) is 0 Å². The van der Waals surface area contributed by atoms with Gasteiger partial charge in [-0.05, 0) is 37.5 Å². The van der Waals surface area contributed by atoms with E-state index >= 15 is 0 Å². The molecule has 2 heterocycles. The van der Waals surface area contributed by atoms with E-state index in [-0.39, 0.29) is 5.69 Å². The summed E-state index contributed by atoms with van der Waals surface area (Å²) in [5, 5.41) is 0. The lowest BCUT2D eigenvalue weighted by molar-refractivity contribution is 0.800. The third-order valence-corrected chi connectivity index (χ3v) is 3.05. The number of pyridine rings is 1. The molecule has 0 saturated carbocycles. The summed E-state index contributed by atoms with van der Waals surface area (Å²) in [6.45, 7) is 6.90. The Balaban J connectivity index is 2.62. The fourth-order valence-electron chi connectivity index (χ4n) is 1.85. The van der Waals surface area contributed by atoms with Gasteiger partial charge in [-0.1, -0.05) is 6.92 Å². The highest BCUT2D eigenvalue weighted by Gasteiger charge is 2.08. The van der Waals surface area contributed by atoms with E-state index in [9.17, 15) is 4.79 Å². The number of hydrogen-bond donors (Lipinski definition) is 0. The molecule has 0 unspecified atom stereocenters. The Morgan fingerprint density at radius 2 is 2.00 bits per heavy atom. The molecule has 18 heavy (non-hydrogen) atoms. The first-order valence-electron chi connectivity index (χ1n) is 6.11. The normalized spacial score (nSPS) is 10.9. The summed E-state index contributed by atoms with van der Waals surface area (Å²) in [5.41, 5.74) is 2.55. The summed E-state index contributed by atoms with van der Waals surface area (Å²) >= 11 is 0. The molecule has 0 aliphatic heterocycles. The predicted octanol–water partition coefficient (Wildman–Crippen LogP) is 1.55. The number of rotatable bonds is 3. The van der Waals surface area contributed by atoms with Gasteiger partial charge in [0.25, 0.3) is 0 Å².